The molecule has 0 aliphatic carbocycles. The first-order chi connectivity index (χ1) is 6.38. The lowest BCUT2D eigenvalue weighted by atomic mass is 10.2. The van der Waals surface area contributed by atoms with Gasteiger partial charge in [0.05, 0.1) is 0 Å². The smallest absolute Gasteiger partial charge is 0.138 e. The molecule has 4 nitrogen and oxygen atoms in total. The van der Waals surface area contributed by atoms with Crippen molar-refractivity contribution in [1.82, 2.24) is 14.8 Å². The highest BCUT2D eigenvalue weighted by atomic mass is 15.3. The molecular formula is C9H18N4. The van der Waals surface area contributed by atoms with Crippen LogP contribution in [-0.2, 0) is 13.0 Å². The molecule has 0 atom stereocenters. The Morgan fingerprint density at radius 1 is 1.38 bits per heavy atom. The van der Waals surface area contributed by atoms with Gasteiger partial charge in [-0.1, -0.05) is 6.42 Å². The standard InChI is InChI=1S/C9H18N4/c1-2-13-9(11-8-12-13)6-4-3-5-7-10/h8H,2-7,10H2,1H3. The predicted octanol–water partition coefficient (Wildman–Crippen LogP) is 0.970. The Hall–Kier alpha value is -0.900. The molecule has 0 amide bonds. The van der Waals surface area contributed by atoms with E-state index in [1.54, 1.807) is 6.33 Å². The number of hydrogen-bond donors (Lipinski definition) is 1. The lowest BCUT2D eigenvalue weighted by molar-refractivity contribution is 0.587. The second-order valence-electron chi connectivity index (χ2n) is 3.09. The van der Waals surface area contributed by atoms with Crippen LogP contribution >= 0.6 is 0 Å². The van der Waals surface area contributed by atoms with E-state index in [-0.39, 0.29) is 0 Å². The molecule has 2 N–H and O–H groups in total. The van der Waals surface area contributed by atoms with Crippen molar-refractivity contribution < 1.29 is 0 Å². The zero-order valence-corrected chi connectivity index (χ0v) is 8.24. The van der Waals surface area contributed by atoms with Gasteiger partial charge in [0.25, 0.3) is 0 Å². The van der Waals surface area contributed by atoms with Crippen molar-refractivity contribution in [3.8, 4) is 0 Å². The van der Waals surface area contributed by atoms with Crippen LogP contribution < -0.4 is 5.73 Å². The van der Waals surface area contributed by atoms with E-state index in [1.165, 1.54) is 6.42 Å². The normalized spacial score (nSPS) is 10.6. The van der Waals surface area contributed by atoms with Crippen LogP contribution in [-0.4, -0.2) is 21.3 Å². The summed E-state index contributed by atoms with van der Waals surface area (Å²) in [6.45, 7) is 3.78. The van der Waals surface area contributed by atoms with Crippen molar-refractivity contribution in [2.75, 3.05) is 6.54 Å². The summed E-state index contributed by atoms with van der Waals surface area (Å²) < 4.78 is 1.95. The number of unbranched alkanes of at least 4 members (excludes halogenated alkanes) is 2. The molecule has 13 heavy (non-hydrogen) atoms. The Balaban J connectivity index is 2.27. The van der Waals surface area contributed by atoms with Crippen LogP contribution in [0.3, 0.4) is 0 Å². The number of hydrogen-bond acceptors (Lipinski definition) is 3. The van der Waals surface area contributed by atoms with Crippen molar-refractivity contribution in [3.05, 3.63) is 12.2 Å². The summed E-state index contributed by atoms with van der Waals surface area (Å²) in [6.07, 6.45) is 6.11. The highest BCUT2D eigenvalue weighted by Gasteiger charge is 2.00. The zero-order chi connectivity index (χ0) is 9.52. The van der Waals surface area contributed by atoms with Gasteiger partial charge in [-0.2, -0.15) is 5.10 Å². The third-order valence-electron chi connectivity index (χ3n) is 2.10. The van der Waals surface area contributed by atoms with E-state index in [0.717, 1.165) is 38.2 Å². The van der Waals surface area contributed by atoms with Crippen molar-refractivity contribution in [2.45, 2.75) is 39.2 Å². The fourth-order valence-electron chi connectivity index (χ4n) is 1.35. The average Bonchev–Trinajstić information content (AvgIpc) is 2.60. The monoisotopic (exact) mass is 182 g/mol. The van der Waals surface area contributed by atoms with Crippen molar-refractivity contribution in [3.63, 3.8) is 0 Å². The molecule has 0 aliphatic heterocycles. The lowest BCUT2D eigenvalue weighted by Gasteiger charge is -2.01. The quantitative estimate of drug-likeness (QED) is 0.667. The fraction of sp³-hybridized carbons (Fsp3) is 0.778. The Morgan fingerprint density at radius 2 is 2.23 bits per heavy atom. The van der Waals surface area contributed by atoms with Gasteiger partial charge in [-0.15, -0.1) is 0 Å². The first-order valence-electron chi connectivity index (χ1n) is 4.95. The molecule has 0 bridgehead atoms. The van der Waals surface area contributed by atoms with Gasteiger partial charge < -0.3 is 5.73 Å². The molecule has 1 rings (SSSR count). The maximum Gasteiger partial charge on any atom is 0.138 e. The Bertz CT molecular complexity index is 231. The Labute approximate surface area is 79.2 Å². The van der Waals surface area contributed by atoms with Crippen LogP contribution in [0.1, 0.15) is 32.0 Å². The van der Waals surface area contributed by atoms with Gasteiger partial charge in [-0.25, -0.2) is 4.98 Å². The molecule has 1 aromatic rings. The minimum atomic E-state index is 0.792. The Kier molecular flexibility index (Phi) is 4.46. The van der Waals surface area contributed by atoms with Crippen LogP contribution in [0.25, 0.3) is 0 Å². The summed E-state index contributed by atoms with van der Waals surface area (Å²) in [7, 11) is 0. The van der Waals surface area contributed by atoms with Gasteiger partial charge in [-0.05, 0) is 26.3 Å². The molecule has 1 heterocycles. The predicted molar refractivity (Wildman–Crippen MR) is 52.3 cm³/mol. The van der Waals surface area contributed by atoms with Gasteiger partial charge in [0.15, 0.2) is 0 Å². The van der Waals surface area contributed by atoms with Crippen LogP contribution in [0.4, 0.5) is 0 Å². The van der Waals surface area contributed by atoms with E-state index in [2.05, 4.69) is 17.0 Å². The van der Waals surface area contributed by atoms with Crippen LogP contribution in [0.5, 0.6) is 0 Å². The van der Waals surface area contributed by atoms with E-state index in [9.17, 15) is 0 Å². The van der Waals surface area contributed by atoms with Crippen LogP contribution in [0.2, 0.25) is 0 Å². The summed E-state index contributed by atoms with van der Waals surface area (Å²) in [5, 5.41) is 4.11. The molecule has 1 aromatic heterocycles. The number of aryl methyl sites for hydroxylation is 2. The third kappa shape index (κ3) is 3.14. The second-order valence-corrected chi connectivity index (χ2v) is 3.09. The van der Waals surface area contributed by atoms with Gasteiger partial charge in [-0.3, -0.25) is 4.68 Å². The molecule has 4 heteroatoms. The molecule has 74 valence electrons. The van der Waals surface area contributed by atoms with Crippen LogP contribution in [0.15, 0.2) is 6.33 Å². The lowest BCUT2D eigenvalue weighted by Crippen LogP contribution is -2.04. The molecule has 0 spiro atoms. The summed E-state index contributed by atoms with van der Waals surface area (Å²) in [4.78, 5) is 4.21. The summed E-state index contributed by atoms with van der Waals surface area (Å²) in [5.74, 6) is 1.10. The van der Waals surface area contributed by atoms with E-state index >= 15 is 0 Å². The second kappa shape index (κ2) is 5.70. The minimum absolute atomic E-state index is 0.792. The van der Waals surface area contributed by atoms with Gasteiger partial charge in [0, 0.05) is 13.0 Å². The highest BCUT2D eigenvalue weighted by Crippen LogP contribution is 2.02. The first-order valence-corrected chi connectivity index (χ1v) is 4.95. The SMILES string of the molecule is CCn1ncnc1CCCCCN. The third-order valence-corrected chi connectivity index (χ3v) is 2.10. The van der Waals surface area contributed by atoms with Crippen molar-refractivity contribution in [1.29, 1.82) is 0 Å². The molecule has 0 radical (unpaired) electrons. The van der Waals surface area contributed by atoms with Gasteiger partial charge in [0.1, 0.15) is 12.2 Å². The van der Waals surface area contributed by atoms with Gasteiger partial charge >= 0.3 is 0 Å². The molecule has 0 aliphatic rings. The van der Waals surface area contributed by atoms with Crippen LogP contribution in [0, 0.1) is 0 Å². The van der Waals surface area contributed by atoms with E-state index in [4.69, 9.17) is 5.73 Å². The summed E-state index contributed by atoms with van der Waals surface area (Å²) >= 11 is 0. The average molecular weight is 182 g/mol. The number of nitrogens with zero attached hydrogens (tertiary/aromatic N) is 3. The number of nitrogens with two attached hydrogens (primary N) is 1. The number of rotatable bonds is 6. The van der Waals surface area contributed by atoms with E-state index in [0.29, 0.717) is 0 Å². The maximum atomic E-state index is 5.41. The first kappa shape index (κ1) is 10.2. The maximum absolute atomic E-state index is 5.41. The van der Waals surface area contributed by atoms with E-state index < -0.39 is 0 Å². The number of aromatic nitrogens is 3. The van der Waals surface area contributed by atoms with Crippen molar-refractivity contribution in [2.24, 2.45) is 5.73 Å². The molecule has 0 saturated heterocycles. The zero-order valence-electron chi connectivity index (χ0n) is 8.24. The fourth-order valence-corrected chi connectivity index (χ4v) is 1.35. The summed E-state index contributed by atoms with van der Waals surface area (Å²) in [6, 6.07) is 0. The molecule has 0 saturated carbocycles. The van der Waals surface area contributed by atoms with Crippen molar-refractivity contribution >= 4 is 0 Å². The largest absolute Gasteiger partial charge is 0.330 e. The molecule has 0 aromatic carbocycles. The summed E-state index contributed by atoms with van der Waals surface area (Å²) in [5.41, 5.74) is 5.41. The molecule has 0 fully saturated rings. The van der Waals surface area contributed by atoms with Gasteiger partial charge in [0.2, 0.25) is 0 Å². The Morgan fingerprint density at radius 3 is 2.92 bits per heavy atom. The highest BCUT2D eigenvalue weighted by molar-refractivity contribution is 4.83. The topological polar surface area (TPSA) is 56.7 Å². The molecule has 0 unspecified atom stereocenters. The molecular weight excluding hydrogens is 164 g/mol. The minimum Gasteiger partial charge on any atom is -0.330 e. The van der Waals surface area contributed by atoms with E-state index in [1.807, 2.05) is 4.68 Å².